The molecule has 1 amide bonds. The molecule has 2 aromatic rings. The number of amides is 1. The summed E-state index contributed by atoms with van der Waals surface area (Å²) in [6, 6.07) is 14.2. The van der Waals surface area contributed by atoms with Gasteiger partial charge in [-0.15, -0.1) is 0 Å². The van der Waals surface area contributed by atoms with Crippen molar-refractivity contribution in [2.45, 2.75) is 19.4 Å². The predicted octanol–water partition coefficient (Wildman–Crippen LogP) is 1.97. The maximum Gasteiger partial charge on any atom is 0.281 e. The van der Waals surface area contributed by atoms with Crippen LogP contribution in [-0.2, 0) is 21.5 Å². The van der Waals surface area contributed by atoms with E-state index in [1.807, 2.05) is 30.3 Å². The molecule has 1 fully saturated rings. The molecule has 2 aromatic carbocycles. The van der Waals surface area contributed by atoms with E-state index in [4.69, 9.17) is 0 Å². The van der Waals surface area contributed by atoms with Crippen molar-refractivity contribution in [3.05, 3.63) is 48.0 Å². The molecule has 1 unspecified atom stereocenters. The Kier molecular flexibility index (Phi) is 5.60. The largest absolute Gasteiger partial charge is 0.352 e. The van der Waals surface area contributed by atoms with Crippen LogP contribution in [0.15, 0.2) is 42.5 Å². The third kappa shape index (κ3) is 4.06. The Hall–Kier alpha value is -1.96. The molecule has 1 saturated heterocycles. The number of hydrogen-bond acceptors (Lipinski definition) is 3. The van der Waals surface area contributed by atoms with Crippen molar-refractivity contribution in [1.29, 1.82) is 0 Å². The summed E-state index contributed by atoms with van der Waals surface area (Å²) in [7, 11) is -0.446. The molecule has 0 saturated carbocycles. The molecule has 0 radical (unpaired) electrons. The SMILES string of the molecule is CN(C)S(=O)(=O)N1CCCC(C(=O)NCc2ccc3ccccc3c2)C1. The van der Waals surface area contributed by atoms with Crippen LogP contribution in [0.25, 0.3) is 10.8 Å². The zero-order valence-corrected chi connectivity index (χ0v) is 16.0. The first-order chi connectivity index (χ1) is 12.4. The second kappa shape index (κ2) is 7.73. The topological polar surface area (TPSA) is 69.7 Å². The fourth-order valence-corrected chi connectivity index (χ4v) is 4.47. The van der Waals surface area contributed by atoms with Gasteiger partial charge in [-0.1, -0.05) is 36.4 Å². The second-order valence-electron chi connectivity index (χ2n) is 6.89. The van der Waals surface area contributed by atoms with E-state index in [1.54, 1.807) is 0 Å². The van der Waals surface area contributed by atoms with Gasteiger partial charge in [-0.05, 0) is 35.2 Å². The van der Waals surface area contributed by atoms with Gasteiger partial charge in [0.15, 0.2) is 0 Å². The van der Waals surface area contributed by atoms with E-state index < -0.39 is 10.2 Å². The number of nitrogens with one attached hydrogen (secondary N) is 1. The molecule has 1 aliphatic rings. The minimum absolute atomic E-state index is 0.0863. The summed E-state index contributed by atoms with van der Waals surface area (Å²) in [5.74, 6) is -0.393. The molecule has 6 nitrogen and oxygen atoms in total. The highest BCUT2D eigenvalue weighted by atomic mass is 32.2. The Bertz CT molecular complexity index is 896. The Labute approximate surface area is 155 Å². The molecule has 140 valence electrons. The highest BCUT2D eigenvalue weighted by molar-refractivity contribution is 7.86. The van der Waals surface area contributed by atoms with E-state index >= 15 is 0 Å². The summed E-state index contributed by atoms with van der Waals surface area (Å²) < 4.78 is 27.2. The van der Waals surface area contributed by atoms with Crippen molar-refractivity contribution in [2.24, 2.45) is 5.92 Å². The van der Waals surface area contributed by atoms with Crippen LogP contribution in [0.2, 0.25) is 0 Å². The summed E-state index contributed by atoms with van der Waals surface area (Å²) in [5.41, 5.74) is 1.03. The number of nitrogens with zero attached hydrogens (tertiary/aromatic N) is 2. The Morgan fingerprint density at radius 2 is 1.92 bits per heavy atom. The summed E-state index contributed by atoms with van der Waals surface area (Å²) in [4.78, 5) is 12.5. The molecule has 0 spiro atoms. The van der Waals surface area contributed by atoms with Gasteiger partial charge in [-0.2, -0.15) is 17.0 Å². The molecule has 1 heterocycles. The average Bonchev–Trinajstić information content (AvgIpc) is 2.66. The van der Waals surface area contributed by atoms with E-state index in [0.29, 0.717) is 25.9 Å². The van der Waals surface area contributed by atoms with Crippen molar-refractivity contribution in [1.82, 2.24) is 13.9 Å². The highest BCUT2D eigenvalue weighted by Gasteiger charge is 2.33. The van der Waals surface area contributed by atoms with Crippen molar-refractivity contribution in [3.8, 4) is 0 Å². The summed E-state index contributed by atoms with van der Waals surface area (Å²) in [5, 5.41) is 5.27. The van der Waals surface area contributed by atoms with Crippen LogP contribution in [0, 0.1) is 5.92 Å². The Morgan fingerprint density at radius 3 is 2.65 bits per heavy atom. The second-order valence-corrected chi connectivity index (χ2v) is 9.03. The molecule has 0 aromatic heterocycles. The van der Waals surface area contributed by atoms with Gasteiger partial charge in [-0.25, -0.2) is 0 Å². The van der Waals surface area contributed by atoms with Crippen LogP contribution >= 0.6 is 0 Å². The van der Waals surface area contributed by atoms with Gasteiger partial charge in [0.2, 0.25) is 5.91 Å². The van der Waals surface area contributed by atoms with E-state index in [9.17, 15) is 13.2 Å². The van der Waals surface area contributed by atoms with Gasteiger partial charge in [0, 0.05) is 33.7 Å². The monoisotopic (exact) mass is 375 g/mol. The maximum absolute atomic E-state index is 12.5. The van der Waals surface area contributed by atoms with E-state index in [0.717, 1.165) is 10.9 Å². The number of piperidine rings is 1. The van der Waals surface area contributed by atoms with E-state index in [2.05, 4.69) is 17.4 Å². The molecular weight excluding hydrogens is 350 g/mol. The average molecular weight is 375 g/mol. The molecule has 3 rings (SSSR count). The zero-order valence-electron chi connectivity index (χ0n) is 15.2. The van der Waals surface area contributed by atoms with Gasteiger partial charge in [-0.3, -0.25) is 4.79 Å². The van der Waals surface area contributed by atoms with Crippen LogP contribution in [-0.4, -0.2) is 50.1 Å². The molecular formula is C19H25N3O3S. The number of hydrogen-bond donors (Lipinski definition) is 1. The molecule has 1 N–H and O–H groups in total. The number of rotatable bonds is 5. The lowest BCUT2D eigenvalue weighted by Crippen LogP contribution is -2.48. The van der Waals surface area contributed by atoms with Crippen LogP contribution in [0.1, 0.15) is 18.4 Å². The number of carbonyl (C=O) groups excluding carboxylic acids is 1. The fraction of sp³-hybridized carbons (Fsp3) is 0.421. The van der Waals surface area contributed by atoms with Crippen LogP contribution in [0.4, 0.5) is 0 Å². The normalized spacial score (nSPS) is 19.0. The maximum atomic E-state index is 12.5. The van der Waals surface area contributed by atoms with Crippen molar-refractivity contribution >= 4 is 26.9 Å². The van der Waals surface area contributed by atoms with Gasteiger partial charge in [0.05, 0.1) is 5.92 Å². The van der Waals surface area contributed by atoms with Crippen LogP contribution < -0.4 is 5.32 Å². The van der Waals surface area contributed by atoms with Crippen molar-refractivity contribution in [2.75, 3.05) is 27.2 Å². The lowest BCUT2D eigenvalue weighted by molar-refractivity contribution is -0.126. The lowest BCUT2D eigenvalue weighted by Gasteiger charge is -2.32. The minimum Gasteiger partial charge on any atom is -0.352 e. The summed E-state index contributed by atoms with van der Waals surface area (Å²) in [6.07, 6.45) is 1.41. The molecule has 7 heteroatoms. The van der Waals surface area contributed by atoms with Crippen molar-refractivity contribution < 1.29 is 13.2 Å². The number of benzene rings is 2. The van der Waals surface area contributed by atoms with Gasteiger partial charge in [0.25, 0.3) is 10.2 Å². The fourth-order valence-electron chi connectivity index (χ4n) is 3.28. The van der Waals surface area contributed by atoms with Crippen molar-refractivity contribution in [3.63, 3.8) is 0 Å². The molecule has 1 aliphatic heterocycles. The predicted molar refractivity (Wildman–Crippen MR) is 103 cm³/mol. The first-order valence-electron chi connectivity index (χ1n) is 8.81. The van der Waals surface area contributed by atoms with Crippen LogP contribution in [0.5, 0.6) is 0 Å². The smallest absolute Gasteiger partial charge is 0.281 e. The van der Waals surface area contributed by atoms with E-state index in [-0.39, 0.29) is 18.4 Å². The standard InChI is InChI=1S/C19H25N3O3S/c1-21(2)26(24,25)22-11-5-8-18(14-22)19(23)20-13-15-9-10-16-6-3-4-7-17(16)12-15/h3-4,6-7,9-10,12,18H,5,8,11,13-14H2,1-2H3,(H,20,23). The number of carbonyl (C=O) groups is 1. The van der Waals surface area contributed by atoms with Gasteiger partial charge >= 0.3 is 0 Å². The molecule has 0 bridgehead atoms. The summed E-state index contributed by atoms with van der Waals surface area (Å²) >= 11 is 0. The molecule has 26 heavy (non-hydrogen) atoms. The first kappa shape index (κ1) is 18.8. The van der Waals surface area contributed by atoms with Gasteiger partial charge < -0.3 is 5.32 Å². The number of fused-ring (bicyclic) bond motifs is 1. The van der Waals surface area contributed by atoms with Gasteiger partial charge in [0.1, 0.15) is 0 Å². The Balaban J connectivity index is 1.62. The first-order valence-corrected chi connectivity index (χ1v) is 10.2. The Morgan fingerprint density at radius 1 is 1.19 bits per heavy atom. The minimum atomic E-state index is -3.47. The lowest BCUT2D eigenvalue weighted by atomic mass is 9.98. The molecule has 1 atom stereocenters. The third-order valence-corrected chi connectivity index (χ3v) is 6.73. The van der Waals surface area contributed by atoms with Crippen LogP contribution in [0.3, 0.4) is 0 Å². The molecule has 0 aliphatic carbocycles. The summed E-state index contributed by atoms with van der Waals surface area (Å²) in [6.45, 7) is 1.15. The quantitative estimate of drug-likeness (QED) is 0.869. The highest BCUT2D eigenvalue weighted by Crippen LogP contribution is 2.21. The van der Waals surface area contributed by atoms with E-state index in [1.165, 1.54) is 28.1 Å². The third-order valence-electron chi connectivity index (χ3n) is 4.82. The zero-order chi connectivity index (χ0) is 18.7.